The third-order valence-corrected chi connectivity index (χ3v) is 2.76. The van der Waals surface area contributed by atoms with Gasteiger partial charge in [-0.3, -0.25) is 0 Å². The summed E-state index contributed by atoms with van der Waals surface area (Å²) in [6.07, 6.45) is 0. The summed E-state index contributed by atoms with van der Waals surface area (Å²) < 4.78 is 0. The van der Waals surface area contributed by atoms with Crippen molar-refractivity contribution in [3.8, 4) is 0 Å². The average molecular weight is 218 g/mol. The van der Waals surface area contributed by atoms with Crippen LogP contribution in [0.5, 0.6) is 0 Å². The molecule has 17 heavy (non-hydrogen) atoms. The summed E-state index contributed by atoms with van der Waals surface area (Å²) >= 11 is 0. The van der Waals surface area contributed by atoms with Crippen molar-refractivity contribution in [2.45, 2.75) is 0 Å². The van der Waals surface area contributed by atoms with Gasteiger partial charge in [0.05, 0.1) is 5.69 Å². The Bertz CT molecular complexity index is 624. The largest absolute Gasteiger partial charge is 0.355 e. The van der Waals surface area contributed by atoms with E-state index in [-0.39, 0.29) is 0 Å². The van der Waals surface area contributed by atoms with Gasteiger partial charge < -0.3 is 5.32 Å². The lowest BCUT2D eigenvalue weighted by atomic mass is 10.1. The lowest BCUT2D eigenvalue weighted by Gasteiger charge is -2.09. The van der Waals surface area contributed by atoms with Crippen LogP contribution in [0.15, 0.2) is 66.7 Å². The second-order valence-electron chi connectivity index (χ2n) is 3.93. The summed E-state index contributed by atoms with van der Waals surface area (Å²) in [4.78, 5) is 0. The van der Waals surface area contributed by atoms with Crippen molar-refractivity contribution in [1.82, 2.24) is 0 Å². The van der Waals surface area contributed by atoms with Gasteiger partial charge in [0.25, 0.3) is 0 Å². The molecule has 0 fully saturated rings. The quantitative estimate of drug-likeness (QED) is 0.673. The van der Waals surface area contributed by atoms with Gasteiger partial charge in [-0.1, -0.05) is 54.6 Å². The monoisotopic (exact) mass is 218 g/mol. The van der Waals surface area contributed by atoms with Gasteiger partial charge in [0, 0.05) is 17.1 Å². The molecule has 1 heteroatoms. The topological polar surface area (TPSA) is 12.0 Å². The Morgan fingerprint density at radius 1 is 0.765 bits per heavy atom. The number of para-hydroxylation sites is 1. The van der Waals surface area contributed by atoms with Crippen molar-refractivity contribution < 1.29 is 0 Å². The van der Waals surface area contributed by atoms with Gasteiger partial charge in [0.1, 0.15) is 0 Å². The molecule has 0 saturated heterocycles. The molecule has 0 atom stereocenters. The standard InChI is InChI=1S/C16H12N/c1-2-9-14(10-3-1)17-16-12-6-8-13-7-4-5-11-15(13)16/h1-11,17H. The second kappa shape index (κ2) is 4.30. The molecule has 0 bridgehead atoms. The number of fused-ring (bicyclic) bond motifs is 1. The van der Waals surface area contributed by atoms with E-state index in [0.717, 1.165) is 11.4 Å². The van der Waals surface area contributed by atoms with E-state index in [0.29, 0.717) is 0 Å². The van der Waals surface area contributed by atoms with Crippen LogP contribution >= 0.6 is 0 Å². The van der Waals surface area contributed by atoms with Crippen LogP contribution in [0.3, 0.4) is 0 Å². The van der Waals surface area contributed by atoms with Crippen molar-refractivity contribution >= 4 is 22.1 Å². The molecule has 1 nitrogen and oxygen atoms in total. The van der Waals surface area contributed by atoms with Crippen LogP contribution < -0.4 is 5.32 Å². The Morgan fingerprint density at radius 2 is 1.53 bits per heavy atom. The third kappa shape index (κ3) is 2.00. The normalized spacial score (nSPS) is 10.4. The van der Waals surface area contributed by atoms with E-state index in [9.17, 15) is 0 Å². The van der Waals surface area contributed by atoms with Crippen LogP contribution in [0.25, 0.3) is 10.8 Å². The zero-order valence-corrected chi connectivity index (χ0v) is 9.35. The van der Waals surface area contributed by atoms with E-state index in [1.54, 1.807) is 0 Å². The third-order valence-electron chi connectivity index (χ3n) is 2.76. The smallest absolute Gasteiger partial charge is 0.0544 e. The van der Waals surface area contributed by atoms with Crippen LogP contribution in [0, 0.1) is 6.07 Å². The molecule has 0 aliphatic heterocycles. The van der Waals surface area contributed by atoms with E-state index in [1.807, 2.05) is 30.3 Å². The first kappa shape index (κ1) is 9.91. The van der Waals surface area contributed by atoms with Crippen LogP contribution in [-0.4, -0.2) is 0 Å². The number of benzene rings is 3. The molecule has 0 saturated carbocycles. The Balaban J connectivity index is 2.06. The summed E-state index contributed by atoms with van der Waals surface area (Å²) in [5.74, 6) is 0. The molecule has 1 N–H and O–H groups in total. The van der Waals surface area contributed by atoms with Gasteiger partial charge in [0.2, 0.25) is 0 Å². The molecule has 0 heterocycles. The molecule has 81 valence electrons. The lowest BCUT2D eigenvalue weighted by molar-refractivity contribution is 1.57. The first-order valence-electron chi connectivity index (χ1n) is 5.65. The Kier molecular flexibility index (Phi) is 2.51. The van der Waals surface area contributed by atoms with Crippen LogP contribution in [0.2, 0.25) is 0 Å². The highest BCUT2D eigenvalue weighted by molar-refractivity contribution is 5.94. The van der Waals surface area contributed by atoms with E-state index in [1.165, 1.54) is 10.8 Å². The summed E-state index contributed by atoms with van der Waals surface area (Å²) in [6.45, 7) is 0. The number of anilines is 2. The van der Waals surface area contributed by atoms with Crippen LogP contribution in [0.1, 0.15) is 0 Å². The van der Waals surface area contributed by atoms with Crippen molar-refractivity contribution in [2.75, 3.05) is 5.32 Å². The van der Waals surface area contributed by atoms with Crippen molar-refractivity contribution in [3.05, 3.63) is 72.8 Å². The first-order valence-corrected chi connectivity index (χ1v) is 5.65. The maximum atomic E-state index is 3.39. The minimum absolute atomic E-state index is 1.02. The second-order valence-corrected chi connectivity index (χ2v) is 3.93. The van der Waals surface area contributed by atoms with Gasteiger partial charge >= 0.3 is 0 Å². The van der Waals surface area contributed by atoms with Gasteiger partial charge in [-0.05, 0) is 17.5 Å². The first-order chi connectivity index (χ1) is 8.43. The van der Waals surface area contributed by atoms with Gasteiger partial charge in [0.15, 0.2) is 0 Å². The van der Waals surface area contributed by atoms with Gasteiger partial charge in [-0.2, -0.15) is 0 Å². The lowest BCUT2D eigenvalue weighted by Crippen LogP contribution is -1.90. The van der Waals surface area contributed by atoms with E-state index < -0.39 is 0 Å². The summed E-state index contributed by atoms with van der Waals surface area (Å²) in [5.41, 5.74) is 2.11. The molecule has 3 aromatic carbocycles. The molecular formula is C16H12N. The molecular weight excluding hydrogens is 206 g/mol. The molecule has 0 unspecified atom stereocenters. The van der Waals surface area contributed by atoms with E-state index in [2.05, 4.69) is 47.8 Å². The Morgan fingerprint density at radius 3 is 2.41 bits per heavy atom. The summed E-state index contributed by atoms with van der Waals surface area (Å²) in [5, 5.41) is 5.81. The molecule has 0 spiro atoms. The fraction of sp³-hybridized carbons (Fsp3) is 0. The number of rotatable bonds is 2. The predicted octanol–water partition coefficient (Wildman–Crippen LogP) is 4.38. The van der Waals surface area contributed by atoms with Crippen molar-refractivity contribution in [2.24, 2.45) is 0 Å². The molecule has 0 aliphatic carbocycles. The fourth-order valence-electron chi connectivity index (χ4n) is 1.93. The number of hydrogen-bond acceptors (Lipinski definition) is 1. The average Bonchev–Trinajstić information content (AvgIpc) is 2.40. The maximum absolute atomic E-state index is 3.39. The fourth-order valence-corrected chi connectivity index (χ4v) is 1.93. The summed E-state index contributed by atoms with van der Waals surface area (Å²) in [6, 6.07) is 25.7. The zero-order chi connectivity index (χ0) is 11.5. The zero-order valence-electron chi connectivity index (χ0n) is 9.35. The van der Waals surface area contributed by atoms with Crippen molar-refractivity contribution in [1.29, 1.82) is 0 Å². The molecule has 0 amide bonds. The Labute approximate surface area is 101 Å². The molecule has 3 aromatic rings. The number of hydrogen-bond donors (Lipinski definition) is 1. The highest BCUT2D eigenvalue weighted by Crippen LogP contribution is 2.25. The van der Waals surface area contributed by atoms with Crippen LogP contribution in [0.4, 0.5) is 11.4 Å². The molecule has 0 aromatic heterocycles. The van der Waals surface area contributed by atoms with Gasteiger partial charge in [-0.25, -0.2) is 0 Å². The maximum Gasteiger partial charge on any atom is 0.0544 e. The molecule has 0 aliphatic rings. The number of nitrogens with one attached hydrogen (secondary N) is 1. The minimum atomic E-state index is 1.02. The molecule has 1 radical (unpaired) electrons. The van der Waals surface area contributed by atoms with E-state index >= 15 is 0 Å². The van der Waals surface area contributed by atoms with Crippen LogP contribution in [-0.2, 0) is 0 Å². The van der Waals surface area contributed by atoms with Gasteiger partial charge in [-0.15, -0.1) is 0 Å². The van der Waals surface area contributed by atoms with E-state index in [4.69, 9.17) is 0 Å². The summed E-state index contributed by atoms with van der Waals surface area (Å²) in [7, 11) is 0. The predicted molar refractivity (Wildman–Crippen MR) is 72.5 cm³/mol. The highest BCUT2D eigenvalue weighted by Gasteiger charge is 2.00. The minimum Gasteiger partial charge on any atom is -0.355 e. The van der Waals surface area contributed by atoms with Crippen molar-refractivity contribution in [3.63, 3.8) is 0 Å². The SMILES string of the molecule is [c]1ccc2ccccc2c1Nc1ccccc1. The highest BCUT2D eigenvalue weighted by atomic mass is 14.9. The molecule has 3 rings (SSSR count). The Hall–Kier alpha value is -2.28.